The SMILES string of the molecule is Cc1cccc(-c2nnc(SCc3ccc(Cl)c(Cl)c3)n2-c2ccccc2C)c1. The Balaban J connectivity index is 1.76. The highest BCUT2D eigenvalue weighted by Crippen LogP contribution is 2.32. The summed E-state index contributed by atoms with van der Waals surface area (Å²) in [4.78, 5) is 0. The first-order valence-corrected chi connectivity index (χ1v) is 10.9. The van der Waals surface area contributed by atoms with E-state index < -0.39 is 0 Å². The zero-order valence-electron chi connectivity index (χ0n) is 16.1. The molecule has 0 bridgehead atoms. The molecular weight excluding hydrogens is 421 g/mol. The van der Waals surface area contributed by atoms with Gasteiger partial charge in [0.05, 0.1) is 15.7 Å². The molecule has 0 atom stereocenters. The van der Waals surface area contributed by atoms with Crippen LogP contribution in [0.1, 0.15) is 16.7 Å². The monoisotopic (exact) mass is 439 g/mol. The van der Waals surface area contributed by atoms with Gasteiger partial charge < -0.3 is 0 Å². The molecule has 0 aliphatic heterocycles. The Morgan fingerprint density at radius 1 is 0.862 bits per heavy atom. The van der Waals surface area contributed by atoms with Crippen LogP contribution in [0, 0.1) is 13.8 Å². The maximum absolute atomic E-state index is 6.17. The van der Waals surface area contributed by atoms with Crippen molar-refractivity contribution in [1.82, 2.24) is 14.8 Å². The average molecular weight is 440 g/mol. The van der Waals surface area contributed by atoms with E-state index >= 15 is 0 Å². The minimum atomic E-state index is 0.560. The molecule has 6 heteroatoms. The minimum absolute atomic E-state index is 0.560. The van der Waals surface area contributed by atoms with Gasteiger partial charge in [-0.1, -0.05) is 83.0 Å². The summed E-state index contributed by atoms with van der Waals surface area (Å²) in [5.41, 5.74) is 5.55. The molecule has 1 aromatic heterocycles. The molecular formula is C23H19Cl2N3S. The Morgan fingerprint density at radius 3 is 2.45 bits per heavy atom. The first-order chi connectivity index (χ1) is 14.0. The van der Waals surface area contributed by atoms with Crippen molar-refractivity contribution in [3.63, 3.8) is 0 Å². The summed E-state index contributed by atoms with van der Waals surface area (Å²) < 4.78 is 2.13. The average Bonchev–Trinajstić information content (AvgIpc) is 3.13. The van der Waals surface area contributed by atoms with Crippen molar-refractivity contribution >= 4 is 35.0 Å². The van der Waals surface area contributed by atoms with Gasteiger partial charge in [-0.05, 0) is 49.2 Å². The van der Waals surface area contributed by atoms with Crippen LogP contribution in [0.4, 0.5) is 0 Å². The number of benzene rings is 3. The van der Waals surface area contributed by atoms with Gasteiger partial charge in [-0.2, -0.15) is 0 Å². The minimum Gasteiger partial charge on any atom is -0.270 e. The number of hydrogen-bond donors (Lipinski definition) is 0. The lowest BCUT2D eigenvalue weighted by atomic mass is 10.1. The Kier molecular flexibility index (Phi) is 5.95. The number of thioether (sulfide) groups is 1. The molecule has 1 heterocycles. The lowest BCUT2D eigenvalue weighted by molar-refractivity contribution is 0.880. The van der Waals surface area contributed by atoms with Gasteiger partial charge >= 0.3 is 0 Å². The fourth-order valence-corrected chi connectivity index (χ4v) is 4.35. The van der Waals surface area contributed by atoms with Crippen molar-refractivity contribution in [1.29, 1.82) is 0 Å². The fraction of sp³-hybridized carbons (Fsp3) is 0.130. The van der Waals surface area contributed by atoms with Gasteiger partial charge in [0.2, 0.25) is 0 Å². The van der Waals surface area contributed by atoms with E-state index in [1.54, 1.807) is 11.8 Å². The van der Waals surface area contributed by atoms with E-state index in [2.05, 4.69) is 58.9 Å². The van der Waals surface area contributed by atoms with E-state index in [0.29, 0.717) is 15.8 Å². The number of rotatable bonds is 5. The molecule has 29 heavy (non-hydrogen) atoms. The van der Waals surface area contributed by atoms with Crippen LogP contribution in [-0.4, -0.2) is 14.8 Å². The van der Waals surface area contributed by atoms with Crippen LogP contribution in [-0.2, 0) is 5.75 Å². The van der Waals surface area contributed by atoms with Gasteiger partial charge in [-0.3, -0.25) is 4.57 Å². The third kappa shape index (κ3) is 4.35. The van der Waals surface area contributed by atoms with Crippen molar-refractivity contribution in [2.45, 2.75) is 24.8 Å². The van der Waals surface area contributed by atoms with Crippen LogP contribution in [0.5, 0.6) is 0 Å². The van der Waals surface area contributed by atoms with Crippen LogP contribution >= 0.6 is 35.0 Å². The zero-order valence-corrected chi connectivity index (χ0v) is 18.4. The summed E-state index contributed by atoms with van der Waals surface area (Å²) in [6, 6.07) is 22.3. The Labute approximate surface area is 184 Å². The second kappa shape index (κ2) is 8.62. The topological polar surface area (TPSA) is 30.7 Å². The number of nitrogens with zero attached hydrogens (tertiary/aromatic N) is 3. The Hall–Kier alpha value is -2.27. The van der Waals surface area contributed by atoms with E-state index in [4.69, 9.17) is 23.2 Å². The first-order valence-electron chi connectivity index (χ1n) is 9.18. The highest BCUT2D eigenvalue weighted by atomic mass is 35.5. The molecule has 0 unspecified atom stereocenters. The van der Waals surface area contributed by atoms with Gasteiger partial charge in [-0.25, -0.2) is 0 Å². The highest BCUT2D eigenvalue weighted by molar-refractivity contribution is 7.98. The summed E-state index contributed by atoms with van der Waals surface area (Å²) in [7, 11) is 0. The Morgan fingerprint density at radius 2 is 1.69 bits per heavy atom. The number of aryl methyl sites for hydroxylation is 2. The molecule has 0 N–H and O–H groups in total. The van der Waals surface area contributed by atoms with Crippen LogP contribution < -0.4 is 0 Å². The van der Waals surface area contributed by atoms with E-state index in [1.807, 2.05) is 36.4 Å². The standard InChI is InChI=1S/C23H19Cl2N3S/c1-15-6-5-8-18(12-15)22-26-27-23(28(22)21-9-4-3-7-16(21)2)29-14-17-10-11-19(24)20(25)13-17/h3-13H,14H2,1-2H3. The number of hydrogen-bond acceptors (Lipinski definition) is 3. The molecule has 0 saturated carbocycles. The lowest BCUT2D eigenvalue weighted by Crippen LogP contribution is -2.02. The van der Waals surface area contributed by atoms with Gasteiger partial charge in [0.1, 0.15) is 0 Å². The molecule has 0 aliphatic rings. The van der Waals surface area contributed by atoms with Crippen molar-refractivity contribution in [3.05, 3.63) is 93.5 Å². The summed E-state index contributed by atoms with van der Waals surface area (Å²) in [5, 5.41) is 11.0. The summed E-state index contributed by atoms with van der Waals surface area (Å²) in [5.74, 6) is 1.55. The molecule has 4 rings (SSSR count). The van der Waals surface area contributed by atoms with Gasteiger partial charge in [-0.15, -0.1) is 10.2 Å². The lowest BCUT2D eigenvalue weighted by Gasteiger charge is -2.13. The zero-order chi connectivity index (χ0) is 20.4. The molecule has 0 amide bonds. The number of aromatic nitrogens is 3. The van der Waals surface area contributed by atoms with Crippen LogP contribution in [0.15, 0.2) is 71.9 Å². The maximum atomic E-state index is 6.17. The predicted octanol–water partition coefficient (Wildman–Crippen LogP) is 7.15. The second-order valence-corrected chi connectivity index (χ2v) is 8.59. The second-order valence-electron chi connectivity index (χ2n) is 6.83. The smallest absolute Gasteiger partial charge is 0.196 e. The van der Waals surface area contributed by atoms with Gasteiger partial charge in [0.25, 0.3) is 0 Å². The Bertz CT molecular complexity index is 1170. The summed E-state index contributed by atoms with van der Waals surface area (Å²) in [6.45, 7) is 4.18. The van der Waals surface area contributed by atoms with Crippen LogP contribution in [0.25, 0.3) is 17.1 Å². The van der Waals surface area contributed by atoms with E-state index in [-0.39, 0.29) is 0 Å². The quantitative estimate of drug-likeness (QED) is 0.309. The summed E-state index contributed by atoms with van der Waals surface area (Å²) >= 11 is 13.8. The molecule has 0 spiro atoms. The van der Waals surface area contributed by atoms with E-state index in [1.165, 1.54) is 5.56 Å². The van der Waals surface area contributed by atoms with Crippen LogP contribution in [0.2, 0.25) is 10.0 Å². The van der Waals surface area contributed by atoms with Gasteiger partial charge in [0, 0.05) is 11.3 Å². The number of para-hydroxylation sites is 1. The van der Waals surface area contributed by atoms with Crippen molar-refractivity contribution < 1.29 is 0 Å². The molecule has 3 nitrogen and oxygen atoms in total. The van der Waals surface area contributed by atoms with Crippen molar-refractivity contribution in [3.8, 4) is 17.1 Å². The van der Waals surface area contributed by atoms with Crippen LogP contribution in [0.3, 0.4) is 0 Å². The molecule has 0 saturated heterocycles. The van der Waals surface area contributed by atoms with Crippen molar-refractivity contribution in [2.75, 3.05) is 0 Å². The van der Waals surface area contributed by atoms with E-state index in [0.717, 1.165) is 33.4 Å². The molecule has 0 aliphatic carbocycles. The summed E-state index contributed by atoms with van der Waals surface area (Å²) in [6.07, 6.45) is 0. The number of halogens is 2. The molecule has 0 fully saturated rings. The normalized spacial score (nSPS) is 11.0. The molecule has 146 valence electrons. The molecule has 3 aromatic carbocycles. The maximum Gasteiger partial charge on any atom is 0.196 e. The third-order valence-corrected chi connectivity index (χ3v) is 6.36. The van der Waals surface area contributed by atoms with Gasteiger partial charge in [0.15, 0.2) is 11.0 Å². The predicted molar refractivity (Wildman–Crippen MR) is 122 cm³/mol. The largest absolute Gasteiger partial charge is 0.270 e. The molecule has 4 aromatic rings. The van der Waals surface area contributed by atoms with E-state index in [9.17, 15) is 0 Å². The fourth-order valence-electron chi connectivity index (χ4n) is 3.14. The van der Waals surface area contributed by atoms with Crippen molar-refractivity contribution in [2.24, 2.45) is 0 Å². The molecule has 0 radical (unpaired) electrons. The first kappa shape index (κ1) is 20.0. The highest BCUT2D eigenvalue weighted by Gasteiger charge is 2.17. The third-order valence-electron chi connectivity index (χ3n) is 4.62.